The Morgan fingerprint density at radius 3 is 2.39 bits per heavy atom. The summed E-state index contributed by atoms with van der Waals surface area (Å²) in [6, 6.07) is 4.89. The Kier molecular flexibility index (Phi) is 12.0. The van der Waals surface area contributed by atoms with E-state index in [1.807, 2.05) is 0 Å². The molecule has 0 bridgehead atoms. The number of piperidine rings is 1. The molecule has 0 spiro atoms. The highest BCUT2D eigenvalue weighted by molar-refractivity contribution is 7.24. The first-order valence-corrected chi connectivity index (χ1v) is 12.6. The molecule has 1 atom stereocenters. The number of nitrogens with one attached hydrogen (secondary N) is 4. The molecular formula is C22H30Cl2N5O6P. The maximum Gasteiger partial charge on any atom is 0.313 e. The van der Waals surface area contributed by atoms with Gasteiger partial charge in [0.05, 0.1) is 32.9 Å². The summed E-state index contributed by atoms with van der Waals surface area (Å²) in [6.07, 6.45) is 3.09. The standard InChI is InChI=1S/C16H17Cl2N5O2.C6H13O4P/c17-10-2-1-3-11(18)13(10)15(24)22-12-8-20-23-14(12)16(25)21-9-4-6-19-7-5-9;1-6(2,3)5(7)9-4-10-11-8/h1-3,8-9,19H,4-7H2,(H,20,23)(H,21,25)(H,22,24);8,11H,4H2,1-3H3. The molecule has 198 valence electrons. The summed E-state index contributed by atoms with van der Waals surface area (Å²) in [7, 11) is -0.636. The predicted molar refractivity (Wildman–Crippen MR) is 138 cm³/mol. The van der Waals surface area contributed by atoms with Gasteiger partial charge in [-0.25, -0.2) is 0 Å². The summed E-state index contributed by atoms with van der Waals surface area (Å²) in [6.45, 7) is 6.79. The van der Waals surface area contributed by atoms with Gasteiger partial charge in [-0.2, -0.15) is 5.10 Å². The number of carbonyl (C=O) groups excluding carboxylic acids is 3. The average Bonchev–Trinajstić information content (AvgIpc) is 3.28. The number of H-pyrrole nitrogens is 1. The van der Waals surface area contributed by atoms with Gasteiger partial charge in [-0.3, -0.25) is 24.0 Å². The summed E-state index contributed by atoms with van der Waals surface area (Å²) < 4.78 is 9.07. The van der Waals surface area contributed by atoms with E-state index in [4.69, 9.17) is 28.1 Å². The minimum Gasteiger partial charge on any atom is -0.438 e. The van der Waals surface area contributed by atoms with Crippen LogP contribution in [0.4, 0.5) is 5.69 Å². The Hall–Kier alpha value is -2.27. The van der Waals surface area contributed by atoms with E-state index >= 15 is 0 Å². The number of rotatable bonds is 7. The minimum atomic E-state index is -0.636. The number of amides is 2. The van der Waals surface area contributed by atoms with Crippen molar-refractivity contribution in [1.82, 2.24) is 20.8 Å². The molecule has 2 heterocycles. The van der Waals surface area contributed by atoms with E-state index in [-0.39, 0.29) is 51.7 Å². The smallest absolute Gasteiger partial charge is 0.313 e. The molecule has 1 saturated heterocycles. The highest BCUT2D eigenvalue weighted by Gasteiger charge is 2.23. The second kappa shape index (κ2) is 14.5. The van der Waals surface area contributed by atoms with E-state index < -0.39 is 20.4 Å². The molecular weight excluding hydrogens is 532 g/mol. The van der Waals surface area contributed by atoms with Crippen molar-refractivity contribution in [3.8, 4) is 0 Å². The van der Waals surface area contributed by atoms with Crippen LogP contribution in [0.5, 0.6) is 0 Å². The molecule has 2 aromatic rings. The summed E-state index contributed by atoms with van der Waals surface area (Å²) >= 11 is 12.1. The molecule has 36 heavy (non-hydrogen) atoms. The maximum absolute atomic E-state index is 12.5. The van der Waals surface area contributed by atoms with Crippen LogP contribution < -0.4 is 16.0 Å². The molecule has 1 aromatic heterocycles. The third-order valence-corrected chi connectivity index (χ3v) is 5.78. The number of aromatic amines is 1. The molecule has 1 fully saturated rings. The van der Waals surface area contributed by atoms with Gasteiger partial charge in [0.1, 0.15) is 5.69 Å². The van der Waals surface area contributed by atoms with Gasteiger partial charge < -0.3 is 25.6 Å². The number of hydrogen-bond donors (Lipinski definition) is 5. The molecule has 0 radical (unpaired) electrons. The Morgan fingerprint density at radius 1 is 1.17 bits per heavy atom. The SMILES string of the molecule is CC(C)(C)C(=O)OCOPO.O=C(NC1CCNCC1)c1[nH]ncc1NC(=O)c1c(Cl)cccc1Cl. The van der Waals surface area contributed by atoms with E-state index in [1.54, 1.807) is 39.0 Å². The van der Waals surface area contributed by atoms with Crippen molar-refractivity contribution in [2.75, 3.05) is 25.2 Å². The van der Waals surface area contributed by atoms with Gasteiger partial charge >= 0.3 is 5.97 Å². The van der Waals surface area contributed by atoms with Crippen molar-refractivity contribution in [3.63, 3.8) is 0 Å². The average molecular weight is 562 g/mol. The van der Waals surface area contributed by atoms with E-state index in [2.05, 4.69) is 35.4 Å². The van der Waals surface area contributed by atoms with Crippen LogP contribution >= 0.6 is 32.2 Å². The number of hydrogen-bond acceptors (Lipinski definition) is 8. The van der Waals surface area contributed by atoms with Crippen LogP contribution in [-0.2, 0) is 14.1 Å². The van der Waals surface area contributed by atoms with Crippen molar-refractivity contribution >= 4 is 55.7 Å². The molecule has 14 heteroatoms. The van der Waals surface area contributed by atoms with Crippen molar-refractivity contribution in [1.29, 1.82) is 0 Å². The van der Waals surface area contributed by atoms with Crippen LogP contribution in [0.1, 0.15) is 54.5 Å². The molecule has 1 unspecified atom stereocenters. The number of benzene rings is 1. The second-order valence-electron chi connectivity index (χ2n) is 8.74. The molecule has 0 aliphatic carbocycles. The lowest BCUT2D eigenvalue weighted by Crippen LogP contribution is -2.43. The molecule has 3 rings (SSSR count). The molecule has 1 aromatic carbocycles. The molecule has 5 N–H and O–H groups in total. The first kappa shape index (κ1) is 30.0. The highest BCUT2D eigenvalue weighted by Crippen LogP contribution is 2.26. The van der Waals surface area contributed by atoms with Gasteiger partial charge in [-0.1, -0.05) is 29.3 Å². The zero-order valence-electron chi connectivity index (χ0n) is 20.1. The van der Waals surface area contributed by atoms with Crippen molar-refractivity contribution in [3.05, 3.63) is 45.7 Å². The third kappa shape index (κ3) is 9.31. The van der Waals surface area contributed by atoms with Crippen LogP contribution in [0.3, 0.4) is 0 Å². The van der Waals surface area contributed by atoms with E-state index in [0.717, 1.165) is 25.9 Å². The number of esters is 1. The zero-order valence-corrected chi connectivity index (χ0v) is 22.6. The molecule has 1 aliphatic heterocycles. The fourth-order valence-electron chi connectivity index (χ4n) is 3.00. The van der Waals surface area contributed by atoms with E-state index in [0.29, 0.717) is 0 Å². The summed E-state index contributed by atoms with van der Waals surface area (Å²) in [5.41, 5.74) is 0.0984. The normalized spacial score (nSPS) is 14.2. The van der Waals surface area contributed by atoms with Crippen LogP contribution in [0.25, 0.3) is 0 Å². The van der Waals surface area contributed by atoms with Gasteiger partial charge in [-0.15, -0.1) is 0 Å². The van der Waals surface area contributed by atoms with E-state index in [9.17, 15) is 14.4 Å². The lowest BCUT2D eigenvalue weighted by molar-refractivity contribution is -0.159. The van der Waals surface area contributed by atoms with Crippen LogP contribution in [0, 0.1) is 5.41 Å². The Balaban J connectivity index is 0.000000352. The second-order valence-corrected chi connectivity index (χ2v) is 10.0. The summed E-state index contributed by atoms with van der Waals surface area (Å²) in [5.74, 6) is -1.16. The fourth-order valence-corrected chi connectivity index (χ4v) is 3.68. The maximum atomic E-state index is 12.5. The third-order valence-electron chi connectivity index (χ3n) is 4.90. The first-order valence-electron chi connectivity index (χ1n) is 11.0. The van der Waals surface area contributed by atoms with Gasteiger partial charge in [0.15, 0.2) is 15.8 Å². The van der Waals surface area contributed by atoms with Crippen molar-refractivity contribution in [2.24, 2.45) is 5.41 Å². The predicted octanol–water partition coefficient (Wildman–Crippen LogP) is 3.50. The number of ether oxygens (including phenoxy) is 1. The highest BCUT2D eigenvalue weighted by atomic mass is 35.5. The number of aromatic nitrogens is 2. The van der Waals surface area contributed by atoms with Gasteiger partial charge in [0, 0.05) is 6.04 Å². The Bertz CT molecular complexity index is 1020. The number of anilines is 1. The zero-order chi connectivity index (χ0) is 26.7. The number of carbonyl (C=O) groups is 3. The summed E-state index contributed by atoms with van der Waals surface area (Å²) in [4.78, 5) is 44.1. The molecule has 11 nitrogen and oxygen atoms in total. The topological polar surface area (TPSA) is 155 Å². The number of halogens is 2. The fraction of sp³-hybridized carbons (Fsp3) is 0.455. The minimum absolute atomic E-state index is 0.0959. The van der Waals surface area contributed by atoms with Gasteiger partial charge in [0.2, 0.25) is 0 Å². The first-order chi connectivity index (χ1) is 17.0. The lowest BCUT2D eigenvalue weighted by atomic mass is 9.98. The molecule has 0 saturated carbocycles. The lowest BCUT2D eigenvalue weighted by Gasteiger charge is -2.23. The van der Waals surface area contributed by atoms with Crippen LogP contribution in [-0.4, -0.2) is 58.8 Å². The van der Waals surface area contributed by atoms with Crippen molar-refractivity contribution < 1.29 is 28.5 Å². The molecule has 2 amide bonds. The number of nitrogens with zero attached hydrogens (tertiary/aromatic N) is 1. The Morgan fingerprint density at radius 2 is 1.81 bits per heavy atom. The van der Waals surface area contributed by atoms with Crippen LogP contribution in [0.2, 0.25) is 10.0 Å². The largest absolute Gasteiger partial charge is 0.438 e. The summed E-state index contributed by atoms with van der Waals surface area (Å²) in [5, 5.41) is 15.7. The molecule has 1 aliphatic rings. The van der Waals surface area contributed by atoms with Gasteiger partial charge in [0.25, 0.3) is 11.8 Å². The van der Waals surface area contributed by atoms with E-state index in [1.165, 1.54) is 6.20 Å². The van der Waals surface area contributed by atoms with Gasteiger partial charge in [-0.05, 0) is 58.8 Å². The monoisotopic (exact) mass is 561 g/mol. The van der Waals surface area contributed by atoms with Crippen molar-refractivity contribution in [2.45, 2.75) is 39.7 Å². The Labute approximate surface area is 220 Å². The quantitative estimate of drug-likeness (QED) is 0.149. The van der Waals surface area contributed by atoms with Crippen LogP contribution in [0.15, 0.2) is 24.4 Å².